The molecule has 0 aliphatic heterocycles. The molecule has 1 atom stereocenters. The molecule has 0 N–H and O–H groups in total. The molecule has 0 aliphatic rings. The van der Waals surface area contributed by atoms with Crippen LogP contribution in [0.2, 0.25) is 0 Å². The zero-order valence-electron chi connectivity index (χ0n) is 12.3. The second-order valence-corrected chi connectivity index (χ2v) is 5.23. The van der Waals surface area contributed by atoms with Gasteiger partial charge in [-0.25, -0.2) is 0 Å². The van der Waals surface area contributed by atoms with Crippen LogP contribution in [0.3, 0.4) is 0 Å². The van der Waals surface area contributed by atoms with E-state index in [-0.39, 0.29) is 0 Å². The predicted molar refractivity (Wildman–Crippen MR) is 79.5 cm³/mol. The summed E-state index contributed by atoms with van der Waals surface area (Å²) in [6.45, 7) is 4.59. The third kappa shape index (κ3) is 13.3. The number of aldehydes is 1. The number of unbranched alkanes of at least 4 members (excludes halogenated alkanes) is 7. The standard InChI is InChI=1S/C17H30O/c1-3-17(2)15-13-11-9-7-5-4-6-8-10-12-14-16-18/h16-17H,3-4,6,8-15H2,1-2H3/t17-/m1/s1. The fourth-order valence-electron chi connectivity index (χ4n) is 1.88. The molecule has 0 unspecified atom stereocenters. The van der Waals surface area contributed by atoms with Crippen LogP contribution in [0.5, 0.6) is 0 Å². The molecular formula is C17H30O. The van der Waals surface area contributed by atoms with E-state index in [2.05, 4.69) is 25.7 Å². The average Bonchev–Trinajstić information content (AvgIpc) is 2.39. The van der Waals surface area contributed by atoms with Crippen molar-refractivity contribution in [1.29, 1.82) is 0 Å². The van der Waals surface area contributed by atoms with Gasteiger partial charge in [-0.3, -0.25) is 0 Å². The highest BCUT2D eigenvalue weighted by molar-refractivity contribution is 5.48. The van der Waals surface area contributed by atoms with Gasteiger partial charge >= 0.3 is 0 Å². The minimum Gasteiger partial charge on any atom is -0.303 e. The summed E-state index contributed by atoms with van der Waals surface area (Å²) >= 11 is 0. The van der Waals surface area contributed by atoms with Crippen LogP contribution in [0.1, 0.15) is 84.5 Å². The van der Waals surface area contributed by atoms with E-state index in [9.17, 15) is 4.79 Å². The van der Waals surface area contributed by atoms with Crippen LogP contribution in [0.25, 0.3) is 0 Å². The van der Waals surface area contributed by atoms with E-state index in [0.717, 1.165) is 37.9 Å². The van der Waals surface area contributed by atoms with E-state index >= 15 is 0 Å². The summed E-state index contributed by atoms with van der Waals surface area (Å²) in [5, 5.41) is 0. The summed E-state index contributed by atoms with van der Waals surface area (Å²) in [7, 11) is 0. The van der Waals surface area contributed by atoms with Crippen LogP contribution < -0.4 is 0 Å². The van der Waals surface area contributed by atoms with E-state index in [1.54, 1.807) is 0 Å². The lowest BCUT2D eigenvalue weighted by molar-refractivity contribution is -0.107. The number of rotatable bonds is 11. The second-order valence-electron chi connectivity index (χ2n) is 5.23. The third-order valence-corrected chi connectivity index (χ3v) is 3.44. The summed E-state index contributed by atoms with van der Waals surface area (Å²) in [6, 6.07) is 0. The monoisotopic (exact) mass is 250 g/mol. The Morgan fingerprint density at radius 2 is 1.56 bits per heavy atom. The zero-order valence-corrected chi connectivity index (χ0v) is 12.3. The van der Waals surface area contributed by atoms with Crippen LogP contribution in [-0.2, 0) is 4.79 Å². The quantitative estimate of drug-likeness (QED) is 0.282. The van der Waals surface area contributed by atoms with Crippen molar-refractivity contribution < 1.29 is 4.79 Å². The lowest BCUT2D eigenvalue weighted by Crippen LogP contribution is -1.90. The topological polar surface area (TPSA) is 17.1 Å². The molecule has 0 heterocycles. The molecule has 0 saturated heterocycles. The van der Waals surface area contributed by atoms with Gasteiger partial charge in [0.25, 0.3) is 0 Å². The van der Waals surface area contributed by atoms with Gasteiger partial charge in [-0.1, -0.05) is 46.0 Å². The van der Waals surface area contributed by atoms with Gasteiger partial charge in [0.15, 0.2) is 0 Å². The fourth-order valence-corrected chi connectivity index (χ4v) is 1.88. The molecule has 0 aliphatic carbocycles. The molecule has 0 saturated carbocycles. The SMILES string of the molecule is CC[C@@H](C)CCCCC#CCCCCCCC=O. The maximum Gasteiger partial charge on any atom is 0.119 e. The molecule has 0 bridgehead atoms. The molecule has 0 radical (unpaired) electrons. The number of carbonyl (C=O) groups is 1. The Morgan fingerprint density at radius 1 is 0.944 bits per heavy atom. The first kappa shape index (κ1) is 17.2. The smallest absolute Gasteiger partial charge is 0.119 e. The maximum atomic E-state index is 10.1. The Balaban J connectivity index is 3.17. The average molecular weight is 250 g/mol. The first-order chi connectivity index (χ1) is 8.81. The Labute approximate surface area is 114 Å². The van der Waals surface area contributed by atoms with Crippen molar-refractivity contribution in [1.82, 2.24) is 0 Å². The lowest BCUT2D eigenvalue weighted by atomic mass is 10.0. The van der Waals surface area contributed by atoms with Crippen molar-refractivity contribution in [2.24, 2.45) is 5.92 Å². The van der Waals surface area contributed by atoms with Gasteiger partial charge in [0, 0.05) is 19.3 Å². The van der Waals surface area contributed by atoms with Crippen molar-refractivity contribution in [3.05, 3.63) is 0 Å². The Morgan fingerprint density at radius 3 is 2.17 bits per heavy atom. The minimum atomic E-state index is 0.724. The van der Waals surface area contributed by atoms with Gasteiger partial charge in [-0.15, -0.1) is 11.8 Å². The van der Waals surface area contributed by atoms with Crippen molar-refractivity contribution in [3.63, 3.8) is 0 Å². The first-order valence-electron chi connectivity index (χ1n) is 7.70. The second kappa shape index (κ2) is 14.3. The number of hydrogen-bond donors (Lipinski definition) is 0. The van der Waals surface area contributed by atoms with Crippen LogP contribution in [0, 0.1) is 17.8 Å². The van der Waals surface area contributed by atoms with Crippen molar-refractivity contribution in [2.45, 2.75) is 84.5 Å². The zero-order chi connectivity index (χ0) is 13.5. The molecule has 0 aromatic rings. The van der Waals surface area contributed by atoms with Gasteiger partial charge < -0.3 is 4.79 Å². The molecule has 18 heavy (non-hydrogen) atoms. The molecule has 0 aromatic heterocycles. The van der Waals surface area contributed by atoms with Gasteiger partial charge in [0.2, 0.25) is 0 Å². The molecular weight excluding hydrogens is 220 g/mol. The molecule has 1 heteroatoms. The Bertz CT molecular complexity index is 234. The van der Waals surface area contributed by atoms with Gasteiger partial charge in [0.1, 0.15) is 6.29 Å². The summed E-state index contributed by atoms with van der Waals surface area (Å²) in [4.78, 5) is 10.1. The molecule has 0 spiro atoms. The highest BCUT2D eigenvalue weighted by atomic mass is 16.1. The highest BCUT2D eigenvalue weighted by Gasteiger charge is 1.96. The highest BCUT2D eigenvalue weighted by Crippen LogP contribution is 2.11. The summed E-state index contributed by atoms with van der Waals surface area (Å²) < 4.78 is 0. The lowest BCUT2D eigenvalue weighted by Gasteiger charge is -2.05. The largest absolute Gasteiger partial charge is 0.303 e. The number of carbonyl (C=O) groups excluding carboxylic acids is 1. The van der Waals surface area contributed by atoms with Gasteiger partial charge in [0.05, 0.1) is 0 Å². The van der Waals surface area contributed by atoms with Crippen molar-refractivity contribution in [3.8, 4) is 11.8 Å². The maximum absolute atomic E-state index is 10.1. The molecule has 0 fully saturated rings. The third-order valence-electron chi connectivity index (χ3n) is 3.44. The number of hydrogen-bond acceptors (Lipinski definition) is 1. The molecule has 0 rings (SSSR count). The molecule has 104 valence electrons. The minimum absolute atomic E-state index is 0.724. The Kier molecular flexibility index (Phi) is 13.7. The summed E-state index contributed by atoms with van der Waals surface area (Å²) in [5.74, 6) is 7.41. The molecule has 0 amide bonds. The van der Waals surface area contributed by atoms with Crippen LogP contribution in [-0.4, -0.2) is 6.29 Å². The first-order valence-corrected chi connectivity index (χ1v) is 7.70. The Hall–Kier alpha value is -0.770. The van der Waals surface area contributed by atoms with Gasteiger partial charge in [-0.05, 0) is 25.2 Å². The van der Waals surface area contributed by atoms with Crippen molar-refractivity contribution in [2.75, 3.05) is 0 Å². The summed E-state index contributed by atoms with van der Waals surface area (Å²) in [5.41, 5.74) is 0. The van der Waals surface area contributed by atoms with E-state index in [0.29, 0.717) is 0 Å². The van der Waals surface area contributed by atoms with E-state index in [4.69, 9.17) is 0 Å². The summed E-state index contributed by atoms with van der Waals surface area (Å²) in [6.07, 6.45) is 13.7. The van der Waals surface area contributed by atoms with Crippen molar-refractivity contribution >= 4 is 6.29 Å². The van der Waals surface area contributed by atoms with E-state index in [1.165, 1.54) is 44.9 Å². The van der Waals surface area contributed by atoms with Crippen LogP contribution in [0.4, 0.5) is 0 Å². The van der Waals surface area contributed by atoms with Crippen LogP contribution in [0.15, 0.2) is 0 Å². The molecule has 1 nitrogen and oxygen atoms in total. The predicted octanol–water partition coefficient (Wildman–Crippen LogP) is 5.14. The molecule has 0 aromatic carbocycles. The van der Waals surface area contributed by atoms with Gasteiger partial charge in [-0.2, -0.15) is 0 Å². The fraction of sp³-hybridized carbons (Fsp3) is 0.824. The van der Waals surface area contributed by atoms with E-state index < -0.39 is 0 Å². The van der Waals surface area contributed by atoms with E-state index in [1.807, 2.05) is 0 Å². The van der Waals surface area contributed by atoms with Crippen LogP contribution >= 0.6 is 0 Å². The normalized spacial score (nSPS) is 11.7.